The SMILES string of the molecule is C(=NNc1ccc(-c2c3ccccc3nc3ccccc23)cc1)c1ccccc1. The molecule has 0 saturated carbocycles. The van der Waals surface area contributed by atoms with Crippen molar-refractivity contribution in [3.8, 4) is 11.1 Å². The third-order valence-electron chi connectivity index (χ3n) is 4.97. The molecule has 29 heavy (non-hydrogen) atoms. The van der Waals surface area contributed by atoms with E-state index in [0.29, 0.717) is 0 Å². The summed E-state index contributed by atoms with van der Waals surface area (Å²) in [7, 11) is 0. The van der Waals surface area contributed by atoms with Crippen molar-refractivity contribution in [1.82, 2.24) is 4.98 Å². The molecule has 3 nitrogen and oxygen atoms in total. The first-order valence-corrected chi connectivity index (χ1v) is 9.60. The van der Waals surface area contributed by atoms with E-state index in [2.05, 4.69) is 71.2 Å². The summed E-state index contributed by atoms with van der Waals surface area (Å²) in [5.74, 6) is 0. The van der Waals surface area contributed by atoms with Crippen LogP contribution in [0.5, 0.6) is 0 Å². The van der Waals surface area contributed by atoms with Crippen molar-refractivity contribution >= 4 is 33.7 Å². The minimum atomic E-state index is 0.948. The van der Waals surface area contributed by atoms with Gasteiger partial charge in [0.15, 0.2) is 0 Å². The maximum atomic E-state index is 4.82. The molecule has 0 unspecified atom stereocenters. The summed E-state index contributed by atoms with van der Waals surface area (Å²) in [5, 5.41) is 6.65. The standard InChI is InChI=1S/C26H19N3/c1-2-8-19(9-3-1)18-27-29-21-16-14-20(15-17-21)26-22-10-4-6-12-24(22)28-25-13-7-5-11-23(25)26/h1-18,29H. The van der Waals surface area contributed by atoms with Crippen LogP contribution in [0.15, 0.2) is 108 Å². The Morgan fingerprint density at radius 3 is 1.86 bits per heavy atom. The van der Waals surface area contributed by atoms with Crippen molar-refractivity contribution in [2.75, 3.05) is 5.43 Å². The van der Waals surface area contributed by atoms with E-state index in [1.807, 2.05) is 48.7 Å². The fraction of sp³-hybridized carbons (Fsp3) is 0. The Kier molecular flexibility index (Phi) is 4.47. The largest absolute Gasteiger partial charge is 0.279 e. The molecule has 0 bridgehead atoms. The number of rotatable bonds is 4. The van der Waals surface area contributed by atoms with Gasteiger partial charge in [-0.3, -0.25) is 5.43 Å². The van der Waals surface area contributed by atoms with Crippen molar-refractivity contribution in [1.29, 1.82) is 0 Å². The fourth-order valence-electron chi connectivity index (χ4n) is 3.58. The Balaban J connectivity index is 1.51. The van der Waals surface area contributed by atoms with E-state index < -0.39 is 0 Å². The summed E-state index contributed by atoms with van der Waals surface area (Å²) in [6.07, 6.45) is 1.82. The molecule has 0 aliphatic rings. The van der Waals surface area contributed by atoms with E-state index in [0.717, 1.165) is 38.6 Å². The van der Waals surface area contributed by atoms with Crippen LogP contribution in [0.3, 0.4) is 0 Å². The van der Waals surface area contributed by atoms with Crippen LogP contribution in [0.25, 0.3) is 32.9 Å². The Labute approximate surface area is 169 Å². The van der Waals surface area contributed by atoms with Gasteiger partial charge in [0.1, 0.15) is 0 Å². The average molecular weight is 373 g/mol. The van der Waals surface area contributed by atoms with E-state index in [1.165, 1.54) is 5.56 Å². The number of para-hydroxylation sites is 2. The van der Waals surface area contributed by atoms with E-state index in [1.54, 1.807) is 0 Å². The van der Waals surface area contributed by atoms with Crippen LogP contribution in [0.2, 0.25) is 0 Å². The number of nitrogens with zero attached hydrogens (tertiary/aromatic N) is 2. The van der Waals surface area contributed by atoms with Crippen molar-refractivity contribution in [2.24, 2.45) is 5.10 Å². The highest BCUT2D eigenvalue weighted by atomic mass is 15.3. The van der Waals surface area contributed by atoms with Crippen LogP contribution in [-0.2, 0) is 0 Å². The van der Waals surface area contributed by atoms with Crippen molar-refractivity contribution in [3.05, 3.63) is 109 Å². The molecule has 5 rings (SSSR count). The van der Waals surface area contributed by atoms with E-state index in [4.69, 9.17) is 4.98 Å². The normalized spacial score (nSPS) is 11.3. The third kappa shape index (κ3) is 3.46. The molecule has 0 atom stereocenters. The highest BCUT2D eigenvalue weighted by Gasteiger charge is 2.10. The van der Waals surface area contributed by atoms with Crippen LogP contribution >= 0.6 is 0 Å². The molecule has 0 spiro atoms. The first-order valence-electron chi connectivity index (χ1n) is 9.60. The van der Waals surface area contributed by atoms with Gasteiger partial charge in [-0.15, -0.1) is 0 Å². The summed E-state index contributed by atoms with van der Waals surface area (Å²) in [6.45, 7) is 0. The summed E-state index contributed by atoms with van der Waals surface area (Å²) in [6, 6.07) is 35.0. The minimum absolute atomic E-state index is 0.948. The van der Waals surface area contributed by atoms with Crippen LogP contribution in [0.4, 0.5) is 5.69 Å². The summed E-state index contributed by atoms with van der Waals surface area (Å²) in [4.78, 5) is 4.82. The summed E-state index contributed by atoms with van der Waals surface area (Å²) >= 11 is 0. The van der Waals surface area contributed by atoms with Crippen molar-refractivity contribution < 1.29 is 0 Å². The number of benzene rings is 4. The van der Waals surface area contributed by atoms with Gasteiger partial charge in [-0.25, -0.2) is 4.98 Å². The van der Waals surface area contributed by atoms with Crippen LogP contribution in [0, 0.1) is 0 Å². The Hall–Kier alpha value is -3.98. The number of fused-ring (bicyclic) bond motifs is 2. The van der Waals surface area contributed by atoms with E-state index in [9.17, 15) is 0 Å². The molecule has 1 N–H and O–H groups in total. The molecule has 3 heteroatoms. The summed E-state index contributed by atoms with van der Waals surface area (Å²) < 4.78 is 0. The predicted molar refractivity (Wildman–Crippen MR) is 122 cm³/mol. The molecule has 5 aromatic rings. The van der Waals surface area contributed by atoms with Gasteiger partial charge in [0, 0.05) is 16.3 Å². The predicted octanol–water partition coefficient (Wildman–Crippen LogP) is 6.50. The molecule has 1 aromatic heterocycles. The number of hydrogen-bond acceptors (Lipinski definition) is 3. The van der Waals surface area contributed by atoms with Crippen LogP contribution in [-0.4, -0.2) is 11.2 Å². The molecule has 0 aliphatic heterocycles. The number of pyridine rings is 1. The zero-order valence-electron chi connectivity index (χ0n) is 15.8. The molecule has 4 aromatic carbocycles. The lowest BCUT2D eigenvalue weighted by molar-refractivity contribution is 1.35. The monoisotopic (exact) mass is 373 g/mol. The Morgan fingerprint density at radius 1 is 0.621 bits per heavy atom. The highest BCUT2D eigenvalue weighted by molar-refractivity contribution is 6.09. The second-order valence-electron chi connectivity index (χ2n) is 6.88. The molecular weight excluding hydrogens is 354 g/mol. The van der Waals surface area contributed by atoms with Crippen molar-refractivity contribution in [2.45, 2.75) is 0 Å². The van der Waals surface area contributed by atoms with Crippen LogP contribution in [0.1, 0.15) is 5.56 Å². The molecule has 0 aliphatic carbocycles. The molecule has 0 amide bonds. The summed E-state index contributed by atoms with van der Waals surface area (Å²) in [5.41, 5.74) is 9.51. The smallest absolute Gasteiger partial charge is 0.0715 e. The minimum Gasteiger partial charge on any atom is -0.279 e. The van der Waals surface area contributed by atoms with E-state index in [-0.39, 0.29) is 0 Å². The van der Waals surface area contributed by atoms with Gasteiger partial charge in [0.05, 0.1) is 22.9 Å². The fourth-order valence-corrected chi connectivity index (χ4v) is 3.58. The molecule has 0 saturated heterocycles. The quantitative estimate of drug-likeness (QED) is 0.222. The number of hydrogen-bond donors (Lipinski definition) is 1. The lowest BCUT2D eigenvalue weighted by Gasteiger charge is -2.11. The zero-order valence-corrected chi connectivity index (χ0v) is 15.8. The molecule has 138 valence electrons. The maximum Gasteiger partial charge on any atom is 0.0715 e. The lowest BCUT2D eigenvalue weighted by Crippen LogP contribution is -1.92. The first-order chi connectivity index (χ1) is 14.4. The van der Waals surface area contributed by atoms with Gasteiger partial charge in [-0.1, -0.05) is 78.9 Å². The number of nitrogens with one attached hydrogen (secondary N) is 1. The Morgan fingerprint density at radius 2 is 1.21 bits per heavy atom. The van der Waals surface area contributed by atoms with Gasteiger partial charge in [0.2, 0.25) is 0 Å². The second kappa shape index (κ2) is 7.56. The number of anilines is 1. The lowest BCUT2D eigenvalue weighted by atomic mass is 9.96. The second-order valence-corrected chi connectivity index (χ2v) is 6.88. The zero-order chi connectivity index (χ0) is 19.5. The number of aromatic nitrogens is 1. The van der Waals surface area contributed by atoms with Gasteiger partial charge in [-0.05, 0) is 35.4 Å². The van der Waals surface area contributed by atoms with Crippen LogP contribution < -0.4 is 5.43 Å². The van der Waals surface area contributed by atoms with Gasteiger partial charge in [-0.2, -0.15) is 5.10 Å². The topological polar surface area (TPSA) is 37.3 Å². The van der Waals surface area contributed by atoms with Gasteiger partial charge >= 0.3 is 0 Å². The molecular formula is C26H19N3. The third-order valence-corrected chi connectivity index (χ3v) is 4.97. The van der Waals surface area contributed by atoms with E-state index >= 15 is 0 Å². The maximum absolute atomic E-state index is 4.82. The Bertz CT molecular complexity index is 1250. The van der Waals surface area contributed by atoms with Crippen molar-refractivity contribution in [3.63, 3.8) is 0 Å². The highest BCUT2D eigenvalue weighted by Crippen LogP contribution is 2.35. The van der Waals surface area contributed by atoms with Gasteiger partial charge in [0.25, 0.3) is 0 Å². The molecule has 0 fully saturated rings. The average Bonchev–Trinajstić information content (AvgIpc) is 2.79. The molecule has 1 heterocycles. The first kappa shape index (κ1) is 17.1. The number of hydrazone groups is 1. The van der Waals surface area contributed by atoms with Gasteiger partial charge < -0.3 is 0 Å². The molecule has 0 radical (unpaired) electrons.